The van der Waals surface area contributed by atoms with Gasteiger partial charge in [0.1, 0.15) is 5.69 Å². The Hall–Kier alpha value is -2.78. The minimum Gasteiger partial charge on any atom is -0.450 e. The quantitative estimate of drug-likeness (QED) is 0.314. The van der Waals surface area contributed by atoms with E-state index < -0.39 is 0 Å². The summed E-state index contributed by atoms with van der Waals surface area (Å²) in [5, 5.41) is 12.2. The minimum absolute atomic E-state index is 0.175. The van der Waals surface area contributed by atoms with Gasteiger partial charge in [0.25, 0.3) is 5.91 Å². The summed E-state index contributed by atoms with van der Waals surface area (Å²) in [5.41, 5.74) is 6.27. The van der Waals surface area contributed by atoms with Gasteiger partial charge >= 0.3 is 6.09 Å². The van der Waals surface area contributed by atoms with Crippen LogP contribution in [-0.4, -0.2) is 71.9 Å². The summed E-state index contributed by atoms with van der Waals surface area (Å²) in [7, 11) is 0. The summed E-state index contributed by atoms with van der Waals surface area (Å²) in [5.74, 6) is 0.107. The van der Waals surface area contributed by atoms with E-state index in [0.29, 0.717) is 44.4 Å². The van der Waals surface area contributed by atoms with Crippen molar-refractivity contribution in [3.05, 3.63) is 18.0 Å². The molecule has 10 heteroatoms. The Labute approximate surface area is 146 Å². The zero-order valence-corrected chi connectivity index (χ0v) is 14.3. The molecule has 1 saturated heterocycles. The third-order valence-electron chi connectivity index (χ3n) is 3.80. The van der Waals surface area contributed by atoms with Gasteiger partial charge in [-0.3, -0.25) is 14.9 Å². The number of nitrogens with two attached hydrogens (primary N) is 1. The molecular formula is C15H25N7O3. The van der Waals surface area contributed by atoms with Crippen molar-refractivity contribution in [2.75, 3.05) is 32.8 Å². The van der Waals surface area contributed by atoms with E-state index in [2.05, 4.69) is 25.8 Å². The van der Waals surface area contributed by atoms with E-state index >= 15 is 0 Å². The normalized spacial score (nSPS) is 15.7. The second-order valence-corrected chi connectivity index (χ2v) is 5.60. The molecule has 1 aromatic rings. The molecule has 10 nitrogen and oxygen atoms in total. The van der Waals surface area contributed by atoms with Crippen molar-refractivity contribution in [3.63, 3.8) is 0 Å². The maximum absolute atomic E-state index is 11.7. The Bertz CT molecular complexity index is 580. The molecule has 25 heavy (non-hydrogen) atoms. The summed E-state index contributed by atoms with van der Waals surface area (Å²) >= 11 is 0. The van der Waals surface area contributed by atoms with Crippen LogP contribution < -0.4 is 16.4 Å². The lowest BCUT2D eigenvalue weighted by molar-refractivity contribution is 0.0945. The highest BCUT2D eigenvalue weighted by Gasteiger charge is 2.23. The lowest BCUT2D eigenvalue weighted by atomic mass is 10.1. The van der Waals surface area contributed by atoms with Gasteiger partial charge in [0.05, 0.1) is 13.2 Å². The van der Waals surface area contributed by atoms with Gasteiger partial charge in [0.2, 0.25) is 0 Å². The maximum atomic E-state index is 11.7. The summed E-state index contributed by atoms with van der Waals surface area (Å²) in [6.45, 7) is 4.18. The molecule has 2 amide bonds. The molecule has 0 atom stereocenters. The minimum atomic E-state index is -0.268. The number of ether oxygens (including phenoxy) is 1. The van der Waals surface area contributed by atoms with Crippen LogP contribution in [0.3, 0.4) is 0 Å². The number of carbonyl (C=O) groups excluding carboxylic acids is 2. The Morgan fingerprint density at radius 2 is 2.24 bits per heavy atom. The molecule has 138 valence electrons. The van der Waals surface area contributed by atoms with Crippen LogP contribution in [-0.2, 0) is 4.74 Å². The van der Waals surface area contributed by atoms with Crippen LogP contribution in [0.4, 0.5) is 4.79 Å². The first-order chi connectivity index (χ1) is 12.1. The SMILES string of the molecule is CCOC(=O)N1CCC(NC(N)=NCCNC(=O)c2ccn[nH]2)CC1. The number of carbonyl (C=O) groups is 2. The van der Waals surface area contributed by atoms with Crippen molar-refractivity contribution >= 4 is 18.0 Å². The van der Waals surface area contributed by atoms with Crippen LogP contribution in [0.2, 0.25) is 0 Å². The van der Waals surface area contributed by atoms with E-state index in [-0.39, 0.29) is 18.0 Å². The first-order valence-corrected chi connectivity index (χ1v) is 8.36. The van der Waals surface area contributed by atoms with Crippen molar-refractivity contribution < 1.29 is 14.3 Å². The Balaban J connectivity index is 1.63. The van der Waals surface area contributed by atoms with Gasteiger partial charge in [0, 0.05) is 31.9 Å². The number of hydrogen-bond donors (Lipinski definition) is 4. The van der Waals surface area contributed by atoms with Crippen LogP contribution in [0.15, 0.2) is 17.3 Å². The monoisotopic (exact) mass is 351 g/mol. The molecule has 0 saturated carbocycles. The number of H-pyrrole nitrogens is 1. The molecule has 1 aliphatic rings. The van der Waals surface area contributed by atoms with Gasteiger partial charge in [-0.05, 0) is 25.8 Å². The zero-order chi connectivity index (χ0) is 18.1. The Kier molecular flexibility index (Phi) is 7.05. The van der Waals surface area contributed by atoms with Crippen LogP contribution in [0.25, 0.3) is 0 Å². The second kappa shape index (κ2) is 9.50. The predicted molar refractivity (Wildman–Crippen MR) is 92.2 cm³/mol. The molecular weight excluding hydrogens is 326 g/mol. The summed E-state index contributed by atoms with van der Waals surface area (Å²) in [6, 6.07) is 1.77. The molecule has 0 unspecified atom stereocenters. The van der Waals surface area contributed by atoms with Crippen molar-refractivity contribution in [2.24, 2.45) is 10.7 Å². The molecule has 1 aromatic heterocycles. The lowest BCUT2D eigenvalue weighted by Crippen LogP contribution is -2.48. The zero-order valence-electron chi connectivity index (χ0n) is 14.3. The number of hydrogen-bond acceptors (Lipinski definition) is 5. The third kappa shape index (κ3) is 5.98. The number of likely N-dealkylation sites (tertiary alicyclic amines) is 1. The number of aromatic nitrogens is 2. The molecule has 5 N–H and O–H groups in total. The molecule has 1 fully saturated rings. The second-order valence-electron chi connectivity index (χ2n) is 5.60. The molecule has 0 aromatic carbocycles. The fourth-order valence-corrected chi connectivity index (χ4v) is 2.50. The van der Waals surface area contributed by atoms with Gasteiger partial charge in [-0.1, -0.05) is 0 Å². The lowest BCUT2D eigenvalue weighted by Gasteiger charge is -2.31. The van der Waals surface area contributed by atoms with E-state index in [9.17, 15) is 9.59 Å². The van der Waals surface area contributed by atoms with E-state index in [1.54, 1.807) is 17.9 Å². The highest BCUT2D eigenvalue weighted by molar-refractivity contribution is 5.92. The fraction of sp³-hybridized carbons (Fsp3) is 0.600. The van der Waals surface area contributed by atoms with Crippen LogP contribution in [0, 0.1) is 0 Å². The van der Waals surface area contributed by atoms with Gasteiger partial charge in [0.15, 0.2) is 5.96 Å². The number of rotatable bonds is 6. The van der Waals surface area contributed by atoms with Crippen LogP contribution in [0.1, 0.15) is 30.3 Å². The molecule has 0 aliphatic carbocycles. The maximum Gasteiger partial charge on any atom is 0.409 e. The first-order valence-electron chi connectivity index (χ1n) is 8.36. The number of nitrogens with zero attached hydrogens (tertiary/aromatic N) is 3. The van der Waals surface area contributed by atoms with E-state index in [1.165, 1.54) is 6.20 Å². The average Bonchev–Trinajstić information content (AvgIpc) is 3.14. The van der Waals surface area contributed by atoms with Crippen molar-refractivity contribution in [2.45, 2.75) is 25.8 Å². The van der Waals surface area contributed by atoms with Gasteiger partial charge in [-0.15, -0.1) is 0 Å². The largest absolute Gasteiger partial charge is 0.450 e. The molecule has 2 rings (SSSR count). The van der Waals surface area contributed by atoms with E-state index in [1.807, 2.05) is 0 Å². The molecule has 0 bridgehead atoms. The highest BCUT2D eigenvalue weighted by atomic mass is 16.6. The summed E-state index contributed by atoms with van der Waals surface area (Å²) < 4.78 is 4.99. The fourth-order valence-electron chi connectivity index (χ4n) is 2.50. The van der Waals surface area contributed by atoms with Gasteiger partial charge in [-0.2, -0.15) is 5.10 Å². The number of aromatic amines is 1. The molecule has 0 radical (unpaired) electrons. The van der Waals surface area contributed by atoms with Gasteiger partial charge in [-0.25, -0.2) is 4.79 Å². The standard InChI is InChI=1S/C15H25N7O3/c1-2-25-15(24)22-9-4-11(5-10-22)20-14(16)18-8-7-17-13(23)12-3-6-19-21-12/h3,6,11H,2,4-5,7-10H2,1H3,(H,17,23)(H,19,21)(H3,16,18,20). The number of aliphatic imine (C=N–C) groups is 1. The number of nitrogens with one attached hydrogen (secondary N) is 3. The van der Waals surface area contributed by atoms with Crippen molar-refractivity contribution in [3.8, 4) is 0 Å². The molecule has 1 aliphatic heterocycles. The van der Waals surface area contributed by atoms with Crippen LogP contribution >= 0.6 is 0 Å². The topological polar surface area (TPSA) is 138 Å². The number of amides is 2. The summed E-state index contributed by atoms with van der Waals surface area (Å²) in [4.78, 5) is 29.2. The molecule has 2 heterocycles. The number of guanidine groups is 1. The van der Waals surface area contributed by atoms with Gasteiger partial charge < -0.3 is 26.0 Å². The van der Waals surface area contributed by atoms with Crippen LogP contribution in [0.5, 0.6) is 0 Å². The highest BCUT2D eigenvalue weighted by Crippen LogP contribution is 2.11. The van der Waals surface area contributed by atoms with Crippen molar-refractivity contribution in [1.29, 1.82) is 0 Å². The van der Waals surface area contributed by atoms with Crippen molar-refractivity contribution in [1.82, 2.24) is 25.7 Å². The Morgan fingerprint density at radius 3 is 2.88 bits per heavy atom. The van der Waals surface area contributed by atoms with E-state index in [0.717, 1.165) is 12.8 Å². The molecule has 0 spiro atoms. The van der Waals surface area contributed by atoms with E-state index in [4.69, 9.17) is 10.5 Å². The smallest absolute Gasteiger partial charge is 0.409 e. The number of piperidine rings is 1. The predicted octanol–water partition coefficient (Wildman–Crippen LogP) is -0.335. The first kappa shape index (κ1) is 18.6. The third-order valence-corrected chi connectivity index (χ3v) is 3.80. The average molecular weight is 351 g/mol. The summed E-state index contributed by atoms with van der Waals surface area (Å²) in [6.07, 6.45) is 2.81. The Morgan fingerprint density at radius 1 is 1.48 bits per heavy atom.